The van der Waals surface area contributed by atoms with Crippen molar-refractivity contribution in [3.05, 3.63) is 0 Å². The number of esters is 1. The van der Waals surface area contributed by atoms with Crippen LogP contribution in [0.4, 0.5) is 0 Å². The lowest BCUT2D eigenvalue weighted by Crippen LogP contribution is -2.57. The molecule has 0 radical (unpaired) electrons. The molecule has 4 aliphatic carbocycles. The van der Waals surface area contributed by atoms with E-state index in [0.717, 1.165) is 38.7 Å². The third-order valence-corrected chi connectivity index (χ3v) is 12.0. The van der Waals surface area contributed by atoms with Gasteiger partial charge in [0, 0.05) is 31.6 Å². The van der Waals surface area contributed by atoms with Gasteiger partial charge in [-0.3, -0.25) is 9.59 Å². The Balaban J connectivity index is 1.24. The van der Waals surface area contributed by atoms with Gasteiger partial charge < -0.3 is 14.2 Å². The molecule has 190 valence electrons. The highest BCUT2D eigenvalue weighted by Gasteiger charge is 2.69. The van der Waals surface area contributed by atoms with Gasteiger partial charge in [0.15, 0.2) is 5.79 Å². The summed E-state index contributed by atoms with van der Waals surface area (Å²) in [4.78, 5) is 25.1. The summed E-state index contributed by atoms with van der Waals surface area (Å²) in [7, 11) is 0. The molecule has 5 heteroatoms. The molecule has 34 heavy (non-hydrogen) atoms. The van der Waals surface area contributed by atoms with Crippen LogP contribution in [0, 0.1) is 52.3 Å². The lowest BCUT2D eigenvalue weighted by Gasteiger charge is -2.60. The zero-order valence-electron chi connectivity index (χ0n) is 21.8. The summed E-state index contributed by atoms with van der Waals surface area (Å²) >= 11 is 0. The summed E-state index contributed by atoms with van der Waals surface area (Å²) in [5.74, 6) is 3.10. The van der Waals surface area contributed by atoms with Crippen LogP contribution >= 0.6 is 0 Å². The Morgan fingerprint density at radius 2 is 1.76 bits per heavy atom. The lowest BCUT2D eigenvalue weighted by molar-refractivity contribution is -0.273. The molecular weight excluding hydrogens is 428 g/mol. The van der Waals surface area contributed by atoms with Gasteiger partial charge in [0.1, 0.15) is 11.9 Å². The average molecular weight is 473 g/mol. The first-order valence-corrected chi connectivity index (χ1v) is 14.1. The number of ketones is 1. The first-order chi connectivity index (χ1) is 16.1. The van der Waals surface area contributed by atoms with Crippen molar-refractivity contribution in [2.24, 2.45) is 52.3 Å². The molecule has 0 amide bonds. The molecule has 0 aromatic rings. The fraction of sp³-hybridized carbons (Fsp3) is 0.931. The van der Waals surface area contributed by atoms with Crippen LogP contribution < -0.4 is 0 Å². The summed E-state index contributed by atoms with van der Waals surface area (Å²) in [5.41, 5.74) is 0.283. The SMILES string of the molecule is CC(=O)OC1CCC2(C)C(C1)C(=O)CC1C2CCC2(C)C1CC1OC3(CCC(C)CO3)C(C)C12. The molecule has 1 spiro atoms. The second-order valence-electron chi connectivity index (χ2n) is 13.6. The Bertz CT molecular complexity index is 861. The molecule has 2 saturated heterocycles. The van der Waals surface area contributed by atoms with E-state index in [1.54, 1.807) is 0 Å². The zero-order chi connectivity index (χ0) is 24.0. The molecule has 0 aromatic carbocycles. The minimum atomic E-state index is -0.374. The van der Waals surface area contributed by atoms with Crippen molar-refractivity contribution in [2.75, 3.05) is 6.61 Å². The van der Waals surface area contributed by atoms with Gasteiger partial charge in [-0.15, -0.1) is 0 Å². The molecule has 6 rings (SSSR count). The molecule has 0 aromatic heterocycles. The third kappa shape index (κ3) is 3.17. The predicted octanol–water partition coefficient (Wildman–Crippen LogP) is 5.54. The van der Waals surface area contributed by atoms with Crippen LogP contribution in [0.25, 0.3) is 0 Å². The lowest BCUT2D eigenvalue weighted by atomic mass is 9.44. The van der Waals surface area contributed by atoms with E-state index in [2.05, 4.69) is 27.7 Å². The van der Waals surface area contributed by atoms with Crippen molar-refractivity contribution in [1.29, 1.82) is 0 Å². The smallest absolute Gasteiger partial charge is 0.302 e. The summed E-state index contributed by atoms with van der Waals surface area (Å²) in [6.45, 7) is 11.9. The highest BCUT2D eigenvalue weighted by Crippen LogP contribution is 2.71. The van der Waals surface area contributed by atoms with Crippen LogP contribution in [0.5, 0.6) is 0 Å². The van der Waals surface area contributed by atoms with Crippen LogP contribution in [0.2, 0.25) is 0 Å². The largest absolute Gasteiger partial charge is 0.463 e. The van der Waals surface area contributed by atoms with Gasteiger partial charge in [-0.05, 0) is 85.4 Å². The van der Waals surface area contributed by atoms with Gasteiger partial charge in [-0.25, -0.2) is 0 Å². The number of Topliss-reactive ketones (excluding diaryl/α,β-unsaturated/α-hetero) is 1. The first-order valence-electron chi connectivity index (χ1n) is 14.1. The quantitative estimate of drug-likeness (QED) is 0.469. The highest BCUT2D eigenvalue weighted by molar-refractivity contribution is 5.83. The fourth-order valence-corrected chi connectivity index (χ4v) is 10.4. The Morgan fingerprint density at radius 3 is 2.47 bits per heavy atom. The monoisotopic (exact) mass is 472 g/mol. The van der Waals surface area contributed by atoms with Gasteiger partial charge >= 0.3 is 5.97 Å². The maximum absolute atomic E-state index is 13.6. The molecule has 2 heterocycles. The summed E-state index contributed by atoms with van der Waals surface area (Å²) in [6.07, 6.45) is 9.30. The minimum Gasteiger partial charge on any atom is -0.463 e. The van der Waals surface area contributed by atoms with Crippen molar-refractivity contribution in [3.63, 3.8) is 0 Å². The minimum absolute atomic E-state index is 0.0476. The maximum Gasteiger partial charge on any atom is 0.302 e. The standard InChI is InChI=1S/C29H44O5/c1-16-6-11-29(32-15-16)17(2)26-25(34-29)14-22-20-13-24(31)23-12-19(33-18(3)30)7-9-27(23,4)21(20)8-10-28(22,26)5/h16-17,19-23,25-26H,6-15H2,1-5H3. The number of carbonyl (C=O) groups excluding carboxylic acids is 2. The maximum atomic E-state index is 13.6. The van der Waals surface area contributed by atoms with E-state index >= 15 is 0 Å². The fourth-order valence-electron chi connectivity index (χ4n) is 10.4. The van der Waals surface area contributed by atoms with Gasteiger partial charge in [-0.1, -0.05) is 27.7 Å². The Labute approximate surface area is 205 Å². The zero-order valence-corrected chi connectivity index (χ0v) is 21.8. The van der Waals surface area contributed by atoms with Gasteiger partial charge in [0.2, 0.25) is 0 Å². The number of hydrogen-bond acceptors (Lipinski definition) is 5. The Morgan fingerprint density at radius 1 is 1.00 bits per heavy atom. The molecule has 12 unspecified atom stereocenters. The van der Waals surface area contributed by atoms with E-state index in [1.165, 1.54) is 26.2 Å². The molecule has 6 aliphatic rings. The van der Waals surface area contributed by atoms with E-state index in [-0.39, 0.29) is 40.7 Å². The Hall–Kier alpha value is -0.940. The van der Waals surface area contributed by atoms with Crippen LogP contribution in [0.15, 0.2) is 0 Å². The molecule has 2 aliphatic heterocycles. The van der Waals surface area contributed by atoms with Crippen LogP contribution in [0.1, 0.15) is 92.4 Å². The molecule has 5 nitrogen and oxygen atoms in total. The summed E-state index contributed by atoms with van der Waals surface area (Å²) in [6, 6.07) is 0. The number of rotatable bonds is 1. The van der Waals surface area contributed by atoms with Crippen molar-refractivity contribution >= 4 is 11.8 Å². The normalized spacial score (nSPS) is 56.4. The highest BCUT2D eigenvalue weighted by atomic mass is 16.7. The van der Waals surface area contributed by atoms with Crippen molar-refractivity contribution in [1.82, 2.24) is 0 Å². The van der Waals surface area contributed by atoms with Gasteiger partial charge in [0.25, 0.3) is 0 Å². The van der Waals surface area contributed by atoms with Crippen molar-refractivity contribution in [2.45, 2.75) is 110 Å². The molecule has 6 fully saturated rings. The van der Waals surface area contributed by atoms with E-state index in [1.807, 2.05) is 0 Å². The predicted molar refractivity (Wildman–Crippen MR) is 128 cm³/mol. The van der Waals surface area contributed by atoms with Crippen LogP contribution in [0.3, 0.4) is 0 Å². The van der Waals surface area contributed by atoms with E-state index in [0.29, 0.717) is 47.7 Å². The second kappa shape index (κ2) is 7.78. The number of ether oxygens (including phenoxy) is 3. The number of hydrogen-bond donors (Lipinski definition) is 0. The van der Waals surface area contributed by atoms with Crippen LogP contribution in [-0.2, 0) is 23.8 Å². The summed E-state index contributed by atoms with van der Waals surface area (Å²) in [5, 5.41) is 0. The first kappa shape index (κ1) is 23.5. The molecule has 4 saturated carbocycles. The van der Waals surface area contributed by atoms with E-state index in [4.69, 9.17) is 14.2 Å². The molecule has 12 atom stereocenters. The number of carbonyl (C=O) groups is 2. The third-order valence-electron chi connectivity index (χ3n) is 12.0. The molecule has 0 bridgehead atoms. The molecule has 0 N–H and O–H groups in total. The van der Waals surface area contributed by atoms with Crippen molar-refractivity contribution in [3.8, 4) is 0 Å². The van der Waals surface area contributed by atoms with Gasteiger partial charge in [-0.2, -0.15) is 0 Å². The van der Waals surface area contributed by atoms with E-state index in [9.17, 15) is 9.59 Å². The number of fused-ring (bicyclic) bond motifs is 7. The Kier molecular flexibility index (Phi) is 5.37. The second-order valence-corrected chi connectivity index (χ2v) is 13.6. The molecular formula is C29H44O5. The van der Waals surface area contributed by atoms with E-state index < -0.39 is 0 Å². The summed E-state index contributed by atoms with van der Waals surface area (Å²) < 4.78 is 18.9. The van der Waals surface area contributed by atoms with Crippen LogP contribution in [-0.4, -0.2) is 36.4 Å². The van der Waals surface area contributed by atoms with Crippen molar-refractivity contribution < 1.29 is 23.8 Å². The topological polar surface area (TPSA) is 61.8 Å². The van der Waals surface area contributed by atoms with Gasteiger partial charge in [0.05, 0.1) is 12.7 Å². The average Bonchev–Trinajstić information content (AvgIpc) is 3.22.